The maximum absolute atomic E-state index is 11.2. The minimum absolute atomic E-state index is 0.134. The van der Waals surface area contributed by atoms with Gasteiger partial charge >= 0.3 is 0 Å². The van der Waals surface area contributed by atoms with Crippen molar-refractivity contribution in [1.29, 1.82) is 0 Å². The van der Waals surface area contributed by atoms with Crippen LogP contribution in [0.15, 0.2) is 11.1 Å². The van der Waals surface area contributed by atoms with Gasteiger partial charge in [0.05, 0.1) is 6.33 Å². The summed E-state index contributed by atoms with van der Waals surface area (Å²) in [6.45, 7) is 0.801. The van der Waals surface area contributed by atoms with Crippen LogP contribution in [-0.4, -0.2) is 28.5 Å². The van der Waals surface area contributed by atoms with E-state index in [-0.39, 0.29) is 10.6 Å². The Labute approximate surface area is 111 Å². The fourth-order valence-electron chi connectivity index (χ4n) is 1.44. The Kier molecular flexibility index (Phi) is 7.12. The van der Waals surface area contributed by atoms with E-state index in [9.17, 15) is 4.79 Å². The number of aromatic nitrogens is 2. The van der Waals surface area contributed by atoms with Gasteiger partial charge in [0.25, 0.3) is 5.56 Å². The molecule has 0 atom stereocenters. The number of hydrogen-bond acceptors (Lipinski definition) is 4. The van der Waals surface area contributed by atoms with Gasteiger partial charge in [-0.2, -0.15) is 11.8 Å². The van der Waals surface area contributed by atoms with Gasteiger partial charge < -0.3 is 10.3 Å². The second-order valence-electron chi connectivity index (χ2n) is 3.73. The molecular weight excluding hydrogens is 258 g/mol. The van der Waals surface area contributed by atoms with E-state index < -0.39 is 0 Å². The molecule has 96 valence electrons. The van der Waals surface area contributed by atoms with Crippen LogP contribution in [-0.2, 0) is 0 Å². The molecule has 0 aliphatic heterocycles. The minimum Gasteiger partial charge on any atom is -0.369 e. The number of aromatic amines is 1. The first kappa shape index (κ1) is 14.4. The minimum atomic E-state index is -0.302. The van der Waals surface area contributed by atoms with E-state index in [0.717, 1.165) is 13.0 Å². The normalized spacial score (nSPS) is 10.5. The highest BCUT2D eigenvalue weighted by atomic mass is 35.5. The molecule has 0 saturated carbocycles. The molecule has 0 spiro atoms. The van der Waals surface area contributed by atoms with E-state index in [0.29, 0.717) is 5.82 Å². The zero-order valence-corrected chi connectivity index (χ0v) is 11.5. The van der Waals surface area contributed by atoms with Crippen molar-refractivity contribution in [3.63, 3.8) is 0 Å². The number of H-pyrrole nitrogens is 1. The van der Waals surface area contributed by atoms with Gasteiger partial charge in [-0.1, -0.05) is 24.4 Å². The van der Waals surface area contributed by atoms with Gasteiger partial charge in [0.1, 0.15) is 5.02 Å². The maximum atomic E-state index is 11.2. The molecule has 0 fully saturated rings. The lowest BCUT2D eigenvalue weighted by atomic mass is 10.2. The molecule has 0 aliphatic carbocycles. The molecule has 0 bridgehead atoms. The Morgan fingerprint density at radius 1 is 1.41 bits per heavy atom. The molecule has 1 heterocycles. The number of unbranched alkanes of at least 4 members (excludes halogenated alkanes) is 3. The lowest BCUT2D eigenvalue weighted by Gasteiger charge is -2.05. The number of anilines is 1. The number of nitrogens with zero attached hydrogens (tertiary/aromatic N) is 1. The Morgan fingerprint density at radius 2 is 2.18 bits per heavy atom. The van der Waals surface area contributed by atoms with Crippen molar-refractivity contribution in [2.75, 3.05) is 23.9 Å². The summed E-state index contributed by atoms with van der Waals surface area (Å²) in [5.74, 6) is 1.70. The van der Waals surface area contributed by atoms with Crippen LogP contribution in [0.5, 0.6) is 0 Å². The van der Waals surface area contributed by atoms with Crippen LogP contribution in [0.1, 0.15) is 25.7 Å². The van der Waals surface area contributed by atoms with Gasteiger partial charge in [-0.3, -0.25) is 4.79 Å². The molecule has 4 nitrogen and oxygen atoms in total. The zero-order valence-electron chi connectivity index (χ0n) is 9.96. The highest BCUT2D eigenvalue weighted by Crippen LogP contribution is 2.12. The third-order valence-electron chi connectivity index (χ3n) is 2.36. The Hall–Kier alpha value is -0.680. The molecule has 0 saturated heterocycles. The Morgan fingerprint density at radius 3 is 2.94 bits per heavy atom. The quantitative estimate of drug-likeness (QED) is 0.717. The molecule has 0 amide bonds. The predicted octanol–water partition coefficient (Wildman–Crippen LogP) is 2.76. The van der Waals surface area contributed by atoms with Crippen molar-refractivity contribution < 1.29 is 0 Å². The summed E-state index contributed by atoms with van der Waals surface area (Å²) in [4.78, 5) is 17.6. The van der Waals surface area contributed by atoms with E-state index in [1.54, 1.807) is 0 Å². The molecule has 2 N–H and O–H groups in total. The molecule has 0 aliphatic rings. The van der Waals surface area contributed by atoms with Gasteiger partial charge in [-0.15, -0.1) is 0 Å². The van der Waals surface area contributed by atoms with E-state index >= 15 is 0 Å². The van der Waals surface area contributed by atoms with Gasteiger partial charge in [0.15, 0.2) is 5.82 Å². The van der Waals surface area contributed by atoms with Gasteiger partial charge in [-0.05, 0) is 24.9 Å². The monoisotopic (exact) mass is 275 g/mol. The fraction of sp³-hybridized carbons (Fsp3) is 0.636. The smallest absolute Gasteiger partial charge is 0.271 e. The van der Waals surface area contributed by atoms with E-state index in [1.807, 2.05) is 11.8 Å². The van der Waals surface area contributed by atoms with Crippen LogP contribution in [0.4, 0.5) is 5.82 Å². The van der Waals surface area contributed by atoms with Gasteiger partial charge in [0, 0.05) is 6.54 Å². The zero-order chi connectivity index (χ0) is 12.5. The Balaban J connectivity index is 2.18. The van der Waals surface area contributed by atoms with Crippen LogP contribution in [0.3, 0.4) is 0 Å². The third kappa shape index (κ3) is 5.46. The fourth-order valence-corrected chi connectivity index (χ4v) is 2.10. The summed E-state index contributed by atoms with van der Waals surface area (Å²) in [7, 11) is 0. The molecule has 0 unspecified atom stereocenters. The number of rotatable bonds is 8. The molecular formula is C11H18ClN3OS. The summed E-state index contributed by atoms with van der Waals surface area (Å²) < 4.78 is 0. The lowest BCUT2D eigenvalue weighted by molar-refractivity contribution is 0.688. The van der Waals surface area contributed by atoms with Crippen molar-refractivity contribution >= 4 is 29.2 Å². The summed E-state index contributed by atoms with van der Waals surface area (Å²) in [5.41, 5.74) is -0.302. The van der Waals surface area contributed by atoms with Gasteiger partial charge in [-0.25, -0.2) is 4.98 Å². The molecule has 1 aromatic heterocycles. The molecule has 0 aromatic carbocycles. The summed E-state index contributed by atoms with van der Waals surface area (Å²) >= 11 is 7.69. The maximum Gasteiger partial charge on any atom is 0.271 e. The van der Waals surface area contributed by atoms with E-state index in [1.165, 1.54) is 31.3 Å². The largest absolute Gasteiger partial charge is 0.369 e. The van der Waals surface area contributed by atoms with Crippen molar-refractivity contribution in [3.8, 4) is 0 Å². The van der Waals surface area contributed by atoms with E-state index in [4.69, 9.17) is 11.6 Å². The van der Waals surface area contributed by atoms with Crippen LogP contribution >= 0.6 is 23.4 Å². The SMILES string of the molecule is CSCCCCCCNc1nc[nH]c(=O)c1Cl. The van der Waals surface area contributed by atoms with Gasteiger partial charge in [0.2, 0.25) is 0 Å². The highest BCUT2D eigenvalue weighted by molar-refractivity contribution is 7.98. The summed E-state index contributed by atoms with van der Waals surface area (Å²) in [6, 6.07) is 0. The second-order valence-corrected chi connectivity index (χ2v) is 5.09. The summed E-state index contributed by atoms with van der Waals surface area (Å²) in [5, 5.41) is 3.21. The first-order valence-electron chi connectivity index (χ1n) is 5.71. The highest BCUT2D eigenvalue weighted by Gasteiger charge is 2.03. The average Bonchev–Trinajstić information content (AvgIpc) is 2.33. The van der Waals surface area contributed by atoms with Crippen molar-refractivity contribution in [3.05, 3.63) is 21.7 Å². The average molecular weight is 276 g/mol. The van der Waals surface area contributed by atoms with Crippen molar-refractivity contribution in [1.82, 2.24) is 9.97 Å². The van der Waals surface area contributed by atoms with Crippen molar-refractivity contribution in [2.45, 2.75) is 25.7 Å². The predicted molar refractivity (Wildman–Crippen MR) is 75.2 cm³/mol. The van der Waals surface area contributed by atoms with Crippen molar-refractivity contribution in [2.24, 2.45) is 0 Å². The van der Waals surface area contributed by atoms with E-state index in [2.05, 4.69) is 21.5 Å². The number of thioether (sulfide) groups is 1. The lowest BCUT2D eigenvalue weighted by Crippen LogP contribution is -2.12. The molecule has 6 heteroatoms. The standard InChI is InChI=1S/C11H18ClN3OS/c1-17-7-5-3-2-4-6-13-10-9(12)11(16)15-8-14-10/h8H,2-7H2,1H3,(H2,13,14,15,16). The molecule has 1 rings (SSSR count). The number of halogens is 1. The third-order valence-corrected chi connectivity index (χ3v) is 3.41. The van der Waals surface area contributed by atoms with Crippen LogP contribution in [0.25, 0.3) is 0 Å². The molecule has 17 heavy (non-hydrogen) atoms. The second kappa shape index (κ2) is 8.42. The molecule has 1 aromatic rings. The van der Waals surface area contributed by atoms with Crippen LogP contribution in [0.2, 0.25) is 5.02 Å². The summed E-state index contributed by atoms with van der Waals surface area (Å²) in [6.07, 6.45) is 8.26. The number of hydrogen-bond donors (Lipinski definition) is 2. The van der Waals surface area contributed by atoms with Crippen LogP contribution < -0.4 is 10.9 Å². The molecule has 0 radical (unpaired) electrons. The van der Waals surface area contributed by atoms with Crippen LogP contribution in [0, 0.1) is 0 Å². The first-order chi connectivity index (χ1) is 8.25. The topological polar surface area (TPSA) is 57.8 Å². The Bertz CT molecular complexity index is 383. The number of nitrogens with one attached hydrogen (secondary N) is 2. The first-order valence-corrected chi connectivity index (χ1v) is 7.49.